The third kappa shape index (κ3) is 5.46. The van der Waals surface area contributed by atoms with Crippen molar-refractivity contribution in [2.75, 3.05) is 11.4 Å². The lowest BCUT2D eigenvalue weighted by atomic mass is 9.98. The van der Waals surface area contributed by atoms with Crippen LogP contribution in [0, 0.1) is 13.8 Å². The van der Waals surface area contributed by atoms with E-state index in [1.165, 1.54) is 22.3 Å². The van der Waals surface area contributed by atoms with Crippen molar-refractivity contribution in [3.63, 3.8) is 0 Å². The first-order chi connectivity index (χ1) is 17.6. The SMILES string of the molecule is CC.CCCN(Cc1cc(-c2ccc(-c3ncc[nH]3)cc2)ccc1C)c1nc(C)nc2ccccc12. The minimum absolute atomic E-state index is 0.803. The molecule has 5 rings (SSSR count). The average Bonchev–Trinajstić information content (AvgIpc) is 3.45. The summed E-state index contributed by atoms with van der Waals surface area (Å²) in [6.07, 6.45) is 4.67. The Balaban J connectivity index is 0.00000148. The molecule has 3 aromatic carbocycles. The Labute approximate surface area is 214 Å². The molecule has 0 saturated carbocycles. The number of nitrogens with zero attached hydrogens (tertiary/aromatic N) is 4. The molecule has 0 spiro atoms. The second-order valence-electron chi connectivity index (χ2n) is 8.69. The van der Waals surface area contributed by atoms with E-state index < -0.39 is 0 Å². The maximum atomic E-state index is 4.87. The lowest BCUT2D eigenvalue weighted by Crippen LogP contribution is -2.25. The van der Waals surface area contributed by atoms with Gasteiger partial charge in [0.05, 0.1) is 5.52 Å². The smallest absolute Gasteiger partial charge is 0.140 e. The molecule has 0 atom stereocenters. The van der Waals surface area contributed by atoms with Crippen molar-refractivity contribution in [2.45, 2.75) is 47.6 Å². The molecule has 5 aromatic rings. The average molecular weight is 478 g/mol. The van der Waals surface area contributed by atoms with Crippen LogP contribution >= 0.6 is 0 Å². The zero-order chi connectivity index (χ0) is 25.5. The van der Waals surface area contributed by atoms with Gasteiger partial charge in [-0.05, 0) is 60.7 Å². The highest BCUT2D eigenvalue weighted by molar-refractivity contribution is 5.89. The first-order valence-electron chi connectivity index (χ1n) is 12.8. The Bertz CT molecular complexity index is 1410. The highest BCUT2D eigenvalue weighted by Gasteiger charge is 2.15. The second-order valence-corrected chi connectivity index (χ2v) is 8.69. The quantitative estimate of drug-likeness (QED) is 0.260. The van der Waals surface area contributed by atoms with E-state index in [9.17, 15) is 0 Å². The van der Waals surface area contributed by atoms with Crippen LogP contribution in [0.25, 0.3) is 33.4 Å². The molecule has 5 nitrogen and oxygen atoms in total. The fourth-order valence-electron chi connectivity index (χ4n) is 4.41. The predicted octanol–water partition coefficient (Wildman–Crippen LogP) is 7.75. The number of aryl methyl sites for hydroxylation is 2. The second kappa shape index (κ2) is 11.6. The Morgan fingerprint density at radius 1 is 0.833 bits per heavy atom. The molecule has 0 saturated heterocycles. The van der Waals surface area contributed by atoms with Crippen molar-refractivity contribution in [3.05, 3.63) is 96.1 Å². The van der Waals surface area contributed by atoms with Crippen LogP contribution in [0.5, 0.6) is 0 Å². The van der Waals surface area contributed by atoms with Crippen LogP contribution in [0.4, 0.5) is 5.82 Å². The number of benzene rings is 3. The lowest BCUT2D eigenvalue weighted by molar-refractivity contribution is 0.752. The molecule has 5 heteroatoms. The number of para-hydroxylation sites is 1. The van der Waals surface area contributed by atoms with Crippen molar-refractivity contribution in [2.24, 2.45) is 0 Å². The molecular weight excluding hydrogens is 442 g/mol. The Hall–Kier alpha value is -3.99. The van der Waals surface area contributed by atoms with Crippen LogP contribution in [-0.4, -0.2) is 26.5 Å². The fourth-order valence-corrected chi connectivity index (χ4v) is 4.41. The molecule has 0 aliphatic rings. The molecule has 0 fully saturated rings. The first kappa shape index (κ1) is 25.1. The number of hydrogen-bond acceptors (Lipinski definition) is 4. The van der Waals surface area contributed by atoms with Gasteiger partial charge >= 0.3 is 0 Å². The maximum absolute atomic E-state index is 4.87. The zero-order valence-electron chi connectivity index (χ0n) is 21.9. The van der Waals surface area contributed by atoms with E-state index in [1.807, 2.05) is 33.0 Å². The van der Waals surface area contributed by atoms with Crippen LogP contribution in [0.3, 0.4) is 0 Å². The molecular formula is C31H35N5. The summed E-state index contributed by atoms with van der Waals surface area (Å²) in [5.74, 6) is 2.70. The van der Waals surface area contributed by atoms with Gasteiger partial charge in [-0.1, -0.05) is 69.3 Å². The zero-order valence-corrected chi connectivity index (χ0v) is 21.9. The van der Waals surface area contributed by atoms with Gasteiger partial charge in [0.1, 0.15) is 17.5 Å². The molecule has 0 unspecified atom stereocenters. The molecule has 36 heavy (non-hydrogen) atoms. The summed E-state index contributed by atoms with van der Waals surface area (Å²) in [4.78, 5) is 19.4. The topological polar surface area (TPSA) is 57.7 Å². The maximum Gasteiger partial charge on any atom is 0.140 e. The number of hydrogen-bond donors (Lipinski definition) is 1. The molecule has 0 radical (unpaired) electrons. The van der Waals surface area contributed by atoms with Gasteiger partial charge < -0.3 is 9.88 Å². The normalized spacial score (nSPS) is 10.7. The van der Waals surface area contributed by atoms with Gasteiger partial charge in [0, 0.05) is 36.4 Å². The van der Waals surface area contributed by atoms with Gasteiger partial charge in [0.2, 0.25) is 0 Å². The Morgan fingerprint density at radius 3 is 2.28 bits per heavy atom. The highest BCUT2D eigenvalue weighted by Crippen LogP contribution is 2.29. The number of imidazole rings is 1. The number of fused-ring (bicyclic) bond motifs is 1. The summed E-state index contributed by atoms with van der Waals surface area (Å²) in [5, 5.41) is 1.10. The summed E-state index contributed by atoms with van der Waals surface area (Å²) >= 11 is 0. The number of aromatic amines is 1. The fraction of sp³-hybridized carbons (Fsp3) is 0.258. The summed E-state index contributed by atoms with van der Waals surface area (Å²) < 4.78 is 0. The van der Waals surface area contributed by atoms with Crippen LogP contribution in [-0.2, 0) is 6.54 Å². The Morgan fingerprint density at radius 2 is 1.56 bits per heavy atom. The monoisotopic (exact) mass is 477 g/mol. The third-order valence-electron chi connectivity index (χ3n) is 6.19. The van der Waals surface area contributed by atoms with Crippen molar-refractivity contribution < 1.29 is 0 Å². The van der Waals surface area contributed by atoms with E-state index in [-0.39, 0.29) is 0 Å². The summed E-state index contributed by atoms with van der Waals surface area (Å²) in [5.41, 5.74) is 7.08. The van der Waals surface area contributed by atoms with Crippen LogP contribution in [0.1, 0.15) is 44.1 Å². The van der Waals surface area contributed by atoms with Crippen LogP contribution < -0.4 is 4.90 Å². The largest absolute Gasteiger partial charge is 0.352 e. The van der Waals surface area contributed by atoms with Gasteiger partial charge in [-0.2, -0.15) is 0 Å². The van der Waals surface area contributed by atoms with Gasteiger partial charge in [-0.25, -0.2) is 15.0 Å². The van der Waals surface area contributed by atoms with E-state index in [2.05, 4.69) is 94.4 Å². The van der Waals surface area contributed by atoms with Crippen LogP contribution in [0.15, 0.2) is 79.1 Å². The van der Waals surface area contributed by atoms with E-state index >= 15 is 0 Å². The molecule has 2 heterocycles. The van der Waals surface area contributed by atoms with Gasteiger partial charge in [-0.3, -0.25) is 0 Å². The summed E-state index contributed by atoms with van der Waals surface area (Å²) in [6, 6.07) is 23.6. The number of rotatable bonds is 7. The highest BCUT2D eigenvalue weighted by atomic mass is 15.2. The van der Waals surface area contributed by atoms with Gasteiger partial charge in [0.15, 0.2) is 0 Å². The number of aromatic nitrogens is 4. The molecule has 2 aromatic heterocycles. The summed E-state index contributed by atoms with van der Waals surface area (Å²) in [6.45, 7) is 12.1. The van der Waals surface area contributed by atoms with E-state index in [4.69, 9.17) is 4.98 Å². The minimum atomic E-state index is 0.803. The minimum Gasteiger partial charge on any atom is -0.352 e. The van der Waals surface area contributed by atoms with E-state index in [0.717, 1.165) is 53.4 Å². The van der Waals surface area contributed by atoms with Gasteiger partial charge in [-0.15, -0.1) is 0 Å². The van der Waals surface area contributed by atoms with Crippen molar-refractivity contribution >= 4 is 16.7 Å². The molecule has 0 aliphatic carbocycles. The lowest BCUT2D eigenvalue weighted by Gasteiger charge is -2.26. The van der Waals surface area contributed by atoms with E-state index in [0.29, 0.717) is 0 Å². The first-order valence-corrected chi connectivity index (χ1v) is 12.8. The molecule has 184 valence electrons. The third-order valence-corrected chi connectivity index (χ3v) is 6.19. The number of H-pyrrole nitrogens is 1. The molecule has 1 N–H and O–H groups in total. The van der Waals surface area contributed by atoms with Crippen molar-refractivity contribution in [1.29, 1.82) is 0 Å². The van der Waals surface area contributed by atoms with Crippen molar-refractivity contribution in [3.8, 4) is 22.5 Å². The summed E-state index contributed by atoms with van der Waals surface area (Å²) in [7, 11) is 0. The number of anilines is 1. The standard InChI is InChI=1S/C29H29N5.C2H6/c1-4-17-34(29-26-7-5-6-8-27(26)32-21(3)33-29)19-25-18-24(10-9-20(25)2)22-11-13-23(14-12-22)28-30-15-16-31-28;1-2/h5-16,18H,4,17,19H2,1-3H3,(H,30,31);1-2H3. The number of nitrogens with one attached hydrogen (secondary N) is 1. The molecule has 0 aliphatic heterocycles. The Kier molecular flexibility index (Phi) is 8.11. The predicted molar refractivity (Wildman–Crippen MR) is 151 cm³/mol. The van der Waals surface area contributed by atoms with Crippen molar-refractivity contribution in [1.82, 2.24) is 19.9 Å². The van der Waals surface area contributed by atoms with Crippen LogP contribution in [0.2, 0.25) is 0 Å². The van der Waals surface area contributed by atoms with E-state index in [1.54, 1.807) is 6.20 Å². The molecule has 0 bridgehead atoms. The van der Waals surface area contributed by atoms with Gasteiger partial charge in [0.25, 0.3) is 0 Å². The molecule has 0 amide bonds.